The van der Waals surface area contributed by atoms with Crippen LogP contribution in [0.1, 0.15) is 24.1 Å². The summed E-state index contributed by atoms with van der Waals surface area (Å²) in [5, 5.41) is 2.89. The van der Waals surface area contributed by atoms with Crippen molar-refractivity contribution >= 4 is 42.5 Å². The number of fused-ring (bicyclic) bond motifs is 6. The largest absolute Gasteiger partial charge is 0.320 e. The van der Waals surface area contributed by atoms with E-state index in [1.807, 2.05) is 24.3 Å². The van der Waals surface area contributed by atoms with Gasteiger partial charge in [-0.05, 0) is 43.4 Å². The highest BCUT2D eigenvalue weighted by Gasteiger charge is 2.17. The highest BCUT2D eigenvalue weighted by atomic mass is 32.1. The molecule has 0 unspecified atom stereocenters. The summed E-state index contributed by atoms with van der Waals surface area (Å²) in [7, 11) is 0. The number of thiophene rings is 1. The van der Waals surface area contributed by atoms with E-state index in [0.29, 0.717) is 0 Å². The van der Waals surface area contributed by atoms with Crippen LogP contribution in [-0.4, -0.2) is 9.97 Å². The van der Waals surface area contributed by atoms with Gasteiger partial charge in [0.1, 0.15) is 4.83 Å². The number of H-pyrrole nitrogens is 1. The Bertz CT molecular complexity index is 1110. The van der Waals surface area contributed by atoms with Crippen molar-refractivity contribution in [2.75, 3.05) is 0 Å². The van der Waals surface area contributed by atoms with Crippen molar-refractivity contribution < 1.29 is 0 Å². The molecule has 0 spiro atoms. The molecular formula is C18H14N2OS. The summed E-state index contributed by atoms with van der Waals surface area (Å²) < 4.78 is 1.14. The predicted octanol–water partition coefficient (Wildman–Crippen LogP) is 4.17. The molecular weight excluding hydrogens is 292 g/mol. The van der Waals surface area contributed by atoms with E-state index >= 15 is 0 Å². The summed E-state index contributed by atoms with van der Waals surface area (Å²) in [5.74, 6) is 0. The molecule has 3 nitrogen and oxygen atoms in total. The van der Waals surface area contributed by atoms with Gasteiger partial charge in [0, 0.05) is 21.9 Å². The van der Waals surface area contributed by atoms with Crippen molar-refractivity contribution in [3.63, 3.8) is 0 Å². The van der Waals surface area contributed by atoms with Crippen LogP contribution in [0.4, 0.5) is 0 Å². The van der Waals surface area contributed by atoms with E-state index in [-0.39, 0.29) is 5.56 Å². The van der Waals surface area contributed by atoms with Crippen LogP contribution < -0.4 is 5.56 Å². The summed E-state index contributed by atoms with van der Waals surface area (Å²) in [6, 6.07) is 10.1. The van der Waals surface area contributed by atoms with Gasteiger partial charge in [-0.2, -0.15) is 0 Å². The molecule has 4 heteroatoms. The summed E-state index contributed by atoms with van der Waals surface area (Å²) in [4.78, 5) is 21.4. The zero-order valence-electron chi connectivity index (χ0n) is 12.0. The molecule has 0 saturated carbocycles. The lowest BCUT2D eigenvalue weighted by atomic mass is 9.95. The Hall–Kier alpha value is -2.20. The fourth-order valence-corrected chi connectivity index (χ4v) is 4.69. The van der Waals surface area contributed by atoms with Crippen molar-refractivity contribution in [1.82, 2.24) is 9.97 Å². The van der Waals surface area contributed by atoms with Gasteiger partial charge in [0.15, 0.2) is 0 Å². The number of hydrogen-bond acceptors (Lipinski definition) is 3. The number of nitrogens with one attached hydrogen (secondary N) is 1. The average Bonchev–Trinajstić information content (AvgIpc) is 2.91. The maximum Gasteiger partial charge on any atom is 0.256 e. The minimum atomic E-state index is -0.0134. The van der Waals surface area contributed by atoms with Gasteiger partial charge in [0.25, 0.3) is 5.56 Å². The van der Waals surface area contributed by atoms with E-state index < -0.39 is 0 Å². The van der Waals surface area contributed by atoms with Gasteiger partial charge in [0.05, 0.1) is 10.2 Å². The molecule has 0 aliphatic heterocycles. The third-order valence-corrected chi connectivity index (χ3v) is 5.75. The van der Waals surface area contributed by atoms with Gasteiger partial charge in [-0.15, -0.1) is 11.3 Å². The molecule has 1 aliphatic carbocycles. The second-order valence-electron chi connectivity index (χ2n) is 5.96. The van der Waals surface area contributed by atoms with Gasteiger partial charge in [-0.1, -0.05) is 18.2 Å². The zero-order chi connectivity index (χ0) is 14.7. The Morgan fingerprint density at radius 3 is 2.77 bits per heavy atom. The van der Waals surface area contributed by atoms with Crippen LogP contribution in [0.2, 0.25) is 0 Å². The summed E-state index contributed by atoms with van der Waals surface area (Å²) >= 11 is 1.69. The highest BCUT2D eigenvalue weighted by Crippen LogP contribution is 2.36. The molecule has 0 radical (unpaired) electrons. The monoisotopic (exact) mass is 306 g/mol. The molecule has 1 N–H and O–H groups in total. The number of nitrogens with zero attached hydrogens (tertiary/aromatic N) is 1. The highest BCUT2D eigenvalue weighted by molar-refractivity contribution is 7.26. The standard InChI is InChI=1S/C18H14N2OS/c21-17-12-7-3-2-6-11(12)16-15(20-17)13-9-10-5-1-4-8-14(10)19-18(13)22-16/h2-3,6-7,9H,1,4-5,8H2,(H,20,21). The zero-order valence-corrected chi connectivity index (χ0v) is 12.8. The van der Waals surface area contributed by atoms with Gasteiger partial charge in [-0.3, -0.25) is 4.79 Å². The molecule has 1 aromatic carbocycles. The number of aryl methyl sites for hydroxylation is 2. The van der Waals surface area contributed by atoms with Crippen LogP contribution in [0.15, 0.2) is 35.1 Å². The third-order valence-electron chi connectivity index (χ3n) is 4.62. The first-order chi connectivity index (χ1) is 10.8. The molecule has 3 heterocycles. The molecule has 3 aromatic heterocycles. The number of aromatic amines is 1. The molecule has 0 amide bonds. The number of benzene rings is 1. The number of hydrogen-bond donors (Lipinski definition) is 1. The molecule has 0 saturated heterocycles. The number of rotatable bonds is 0. The topological polar surface area (TPSA) is 45.8 Å². The van der Waals surface area contributed by atoms with E-state index in [1.165, 1.54) is 24.1 Å². The van der Waals surface area contributed by atoms with E-state index in [0.717, 1.165) is 44.0 Å². The second kappa shape index (κ2) is 4.40. The Balaban J connectivity index is 1.98. The van der Waals surface area contributed by atoms with Crippen LogP contribution in [0.25, 0.3) is 31.2 Å². The Morgan fingerprint density at radius 1 is 1.05 bits per heavy atom. The molecule has 108 valence electrons. The smallest absolute Gasteiger partial charge is 0.256 e. The predicted molar refractivity (Wildman–Crippen MR) is 91.9 cm³/mol. The van der Waals surface area contributed by atoms with Crippen molar-refractivity contribution in [1.29, 1.82) is 0 Å². The van der Waals surface area contributed by atoms with E-state index in [4.69, 9.17) is 4.98 Å². The fourth-order valence-electron chi connectivity index (χ4n) is 3.52. The van der Waals surface area contributed by atoms with E-state index in [2.05, 4.69) is 11.1 Å². The molecule has 4 aromatic rings. The number of pyridine rings is 2. The Kier molecular flexibility index (Phi) is 2.47. The normalized spacial score (nSPS) is 14.7. The maximum absolute atomic E-state index is 12.4. The van der Waals surface area contributed by atoms with Gasteiger partial charge in [0.2, 0.25) is 0 Å². The molecule has 5 rings (SSSR count). The van der Waals surface area contributed by atoms with Crippen LogP contribution in [0.3, 0.4) is 0 Å². The summed E-state index contributed by atoms with van der Waals surface area (Å²) in [6.45, 7) is 0. The van der Waals surface area contributed by atoms with Crippen molar-refractivity contribution in [3.8, 4) is 0 Å². The number of aromatic nitrogens is 2. The second-order valence-corrected chi connectivity index (χ2v) is 6.96. The van der Waals surface area contributed by atoms with E-state index in [9.17, 15) is 4.79 Å². The lowest BCUT2D eigenvalue weighted by molar-refractivity contribution is 0.672. The van der Waals surface area contributed by atoms with E-state index in [1.54, 1.807) is 11.3 Å². The quantitative estimate of drug-likeness (QED) is 0.530. The van der Waals surface area contributed by atoms with Crippen molar-refractivity contribution in [3.05, 3.63) is 51.9 Å². The first kappa shape index (κ1) is 12.4. The van der Waals surface area contributed by atoms with Gasteiger partial charge >= 0.3 is 0 Å². The minimum Gasteiger partial charge on any atom is -0.320 e. The summed E-state index contributed by atoms with van der Waals surface area (Å²) in [6.07, 6.45) is 4.65. The Morgan fingerprint density at radius 2 is 1.86 bits per heavy atom. The first-order valence-electron chi connectivity index (χ1n) is 7.67. The van der Waals surface area contributed by atoms with Crippen molar-refractivity contribution in [2.45, 2.75) is 25.7 Å². The first-order valence-corrected chi connectivity index (χ1v) is 8.49. The van der Waals surface area contributed by atoms with Gasteiger partial charge in [-0.25, -0.2) is 4.98 Å². The third kappa shape index (κ3) is 1.61. The lowest BCUT2D eigenvalue weighted by Crippen LogP contribution is -2.06. The minimum absolute atomic E-state index is 0.0134. The van der Waals surface area contributed by atoms with Crippen LogP contribution in [0, 0.1) is 0 Å². The lowest BCUT2D eigenvalue weighted by Gasteiger charge is -2.13. The molecule has 1 aliphatic rings. The van der Waals surface area contributed by atoms with Crippen LogP contribution in [0.5, 0.6) is 0 Å². The fraction of sp³-hybridized carbons (Fsp3) is 0.222. The average molecular weight is 306 g/mol. The van der Waals surface area contributed by atoms with Gasteiger partial charge < -0.3 is 4.98 Å². The van der Waals surface area contributed by atoms with Crippen molar-refractivity contribution in [2.24, 2.45) is 0 Å². The summed E-state index contributed by atoms with van der Waals surface area (Å²) in [5.41, 5.74) is 3.54. The molecule has 22 heavy (non-hydrogen) atoms. The molecule has 0 bridgehead atoms. The Labute approximate surface area is 130 Å². The SMILES string of the molecule is O=c1[nH]c2c3cc4c(nc3sc2c2ccccc12)CCCC4. The molecule has 0 fully saturated rings. The van der Waals surface area contributed by atoms with Crippen LogP contribution >= 0.6 is 11.3 Å². The molecule has 0 atom stereocenters. The maximum atomic E-state index is 12.4. The van der Waals surface area contributed by atoms with Crippen LogP contribution in [-0.2, 0) is 12.8 Å².